The lowest BCUT2D eigenvalue weighted by Crippen LogP contribution is -2.24. The zero-order valence-electron chi connectivity index (χ0n) is 8.01. The van der Waals surface area contributed by atoms with Gasteiger partial charge in [-0.15, -0.1) is 0 Å². The number of rotatable bonds is 1. The third-order valence-electron chi connectivity index (χ3n) is 1.62. The number of ether oxygens (including phenoxy) is 1. The van der Waals surface area contributed by atoms with Gasteiger partial charge in [-0.1, -0.05) is 39.1 Å². The van der Waals surface area contributed by atoms with Crippen molar-refractivity contribution in [2.45, 2.75) is 0 Å². The largest absolute Gasteiger partial charge is 0.462 e. The standard InChI is InChI=1S/C9H6BrCl2NO3/c1-16-9(15)8(14)13-7-5(11)2-4(10)3-6(7)12/h2-3H,1H3,(H,13,14). The van der Waals surface area contributed by atoms with Gasteiger partial charge in [0.2, 0.25) is 0 Å². The van der Waals surface area contributed by atoms with Crippen LogP contribution in [-0.2, 0) is 14.3 Å². The zero-order chi connectivity index (χ0) is 12.3. The molecule has 7 heteroatoms. The van der Waals surface area contributed by atoms with Crippen LogP contribution < -0.4 is 5.32 Å². The van der Waals surface area contributed by atoms with Crippen LogP contribution in [0.5, 0.6) is 0 Å². The van der Waals surface area contributed by atoms with Crippen LogP contribution in [0.4, 0.5) is 5.69 Å². The predicted molar refractivity (Wildman–Crippen MR) is 64.8 cm³/mol. The van der Waals surface area contributed by atoms with Gasteiger partial charge in [0.05, 0.1) is 22.8 Å². The number of carbonyl (C=O) groups is 2. The molecular formula is C9H6BrCl2NO3. The van der Waals surface area contributed by atoms with Crippen molar-refractivity contribution in [1.82, 2.24) is 0 Å². The molecule has 0 radical (unpaired) electrons. The van der Waals surface area contributed by atoms with Gasteiger partial charge >= 0.3 is 11.9 Å². The van der Waals surface area contributed by atoms with Crippen LogP contribution in [0, 0.1) is 0 Å². The number of hydrogen-bond acceptors (Lipinski definition) is 3. The Labute approximate surface area is 110 Å². The molecule has 4 nitrogen and oxygen atoms in total. The Kier molecular flexibility index (Phi) is 4.58. The summed E-state index contributed by atoms with van der Waals surface area (Å²) in [7, 11) is 1.10. The van der Waals surface area contributed by atoms with Gasteiger partial charge in [0.15, 0.2) is 0 Å². The lowest BCUT2D eigenvalue weighted by Gasteiger charge is -2.08. The smallest absolute Gasteiger partial charge is 0.396 e. The summed E-state index contributed by atoms with van der Waals surface area (Å²) < 4.78 is 4.91. The van der Waals surface area contributed by atoms with Crippen molar-refractivity contribution in [1.29, 1.82) is 0 Å². The van der Waals surface area contributed by atoms with Crippen molar-refractivity contribution >= 4 is 56.7 Å². The maximum Gasteiger partial charge on any atom is 0.396 e. The maximum atomic E-state index is 11.2. The summed E-state index contributed by atoms with van der Waals surface area (Å²) in [6.07, 6.45) is 0. The van der Waals surface area contributed by atoms with Gasteiger partial charge in [0, 0.05) is 4.47 Å². The molecule has 1 N–H and O–H groups in total. The van der Waals surface area contributed by atoms with Crippen LogP contribution in [0.2, 0.25) is 10.0 Å². The average molecular weight is 327 g/mol. The second-order valence-electron chi connectivity index (χ2n) is 2.69. The molecule has 0 atom stereocenters. The number of hydrogen-bond donors (Lipinski definition) is 1. The zero-order valence-corrected chi connectivity index (χ0v) is 11.1. The fourth-order valence-electron chi connectivity index (χ4n) is 0.919. The number of anilines is 1. The van der Waals surface area contributed by atoms with E-state index >= 15 is 0 Å². The highest BCUT2D eigenvalue weighted by atomic mass is 79.9. The van der Waals surface area contributed by atoms with E-state index < -0.39 is 11.9 Å². The Morgan fingerprint density at radius 1 is 1.31 bits per heavy atom. The minimum atomic E-state index is -1.02. The van der Waals surface area contributed by atoms with Gasteiger partial charge in [-0.05, 0) is 12.1 Å². The molecule has 1 rings (SSSR count). The van der Waals surface area contributed by atoms with E-state index in [0.717, 1.165) is 7.11 Å². The number of benzene rings is 1. The van der Waals surface area contributed by atoms with E-state index in [1.807, 2.05) is 0 Å². The predicted octanol–water partition coefficient (Wildman–Crippen LogP) is 2.87. The second kappa shape index (κ2) is 5.52. The average Bonchev–Trinajstić information content (AvgIpc) is 2.21. The van der Waals surface area contributed by atoms with Crippen LogP contribution in [0.25, 0.3) is 0 Å². The van der Waals surface area contributed by atoms with Crippen molar-refractivity contribution in [2.24, 2.45) is 0 Å². The van der Waals surface area contributed by atoms with Crippen molar-refractivity contribution in [2.75, 3.05) is 12.4 Å². The molecular weight excluding hydrogens is 321 g/mol. The van der Waals surface area contributed by atoms with E-state index in [4.69, 9.17) is 23.2 Å². The minimum absolute atomic E-state index is 0.168. The van der Waals surface area contributed by atoms with E-state index in [-0.39, 0.29) is 15.7 Å². The molecule has 0 aromatic heterocycles. The van der Waals surface area contributed by atoms with Gasteiger partial charge in [0.25, 0.3) is 0 Å². The third kappa shape index (κ3) is 3.10. The molecule has 1 aromatic rings. The fourth-order valence-corrected chi connectivity index (χ4v) is 2.22. The first-order valence-corrected chi connectivity index (χ1v) is 5.54. The van der Waals surface area contributed by atoms with E-state index in [0.29, 0.717) is 4.47 Å². The molecule has 16 heavy (non-hydrogen) atoms. The number of amides is 1. The Hall–Kier alpha value is -0.780. The molecule has 0 saturated heterocycles. The van der Waals surface area contributed by atoms with Crippen LogP contribution in [0.15, 0.2) is 16.6 Å². The molecule has 0 bridgehead atoms. The highest BCUT2D eigenvalue weighted by molar-refractivity contribution is 9.10. The topological polar surface area (TPSA) is 55.4 Å². The molecule has 0 spiro atoms. The summed E-state index contributed by atoms with van der Waals surface area (Å²) in [5, 5.41) is 2.70. The summed E-state index contributed by atoms with van der Waals surface area (Å²) >= 11 is 14.9. The Bertz CT molecular complexity index is 427. The molecule has 86 valence electrons. The molecule has 0 unspecified atom stereocenters. The van der Waals surface area contributed by atoms with Crippen LogP contribution in [0.1, 0.15) is 0 Å². The molecule has 0 saturated carbocycles. The Morgan fingerprint density at radius 2 is 1.81 bits per heavy atom. The highest BCUT2D eigenvalue weighted by Gasteiger charge is 2.17. The molecule has 0 fully saturated rings. The van der Waals surface area contributed by atoms with Gasteiger partial charge in [0.1, 0.15) is 0 Å². The van der Waals surface area contributed by atoms with E-state index in [1.165, 1.54) is 0 Å². The van der Waals surface area contributed by atoms with E-state index in [2.05, 4.69) is 26.0 Å². The lowest BCUT2D eigenvalue weighted by atomic mass is 10.3. The monoisotopic (exact) mass is 325 g/mol. The van der Waals surface area contributed by atoms with Crippen molar-refractivity contribution in [3.8, 4) is 0 Å². The van der Waals surface area contributed by atoms with Crippen molar-refractivity contribution in [3.63, 3.8) is 0 Å². The lowest BCUT2D eigenvalue weighted by molar-refractivity contribution is -0.150. The first-order chi connectivity index (χ1) is 7.45. The van der Waals surface area contributed by atoms with Gasteiger partial charge < -0.3 is 10.1 Å². The van der Waals surface area contributed by atoms with Gasteiger partial charge in [-0.25, -0.2) is 4.79 Å². The molecule has 0 heterocycles. The van der Waals surface area contributed by atoms with Crippen LogP contribution in [0.3, 0.4) is 0 Å². The van der Waals surface area contributed by atoms with Crippen LogP contribution >= 0.6 is 39.1 Å². The number of carbonyl (C=O) groups excluding carboxylic acids is 2. The Balaban J connectivity index is 2.98. The molecule has 0 aliphatic heterocycles. The minimum Gasteiger partial charge on any atom is -0.462 e. The summed E-state index contributed by atoms with van der Waals surface area (Å²) in [5.74, 6) is -1.95. The maximum absolute atomic E-state index is 11.2. The highest BCUT2D eigenvalue weighted by Crippen LogP contribution is 2.33. The number of halogens is 3. The second-order valence-corrected chi connectivity index (χ2v) is 4.42. The van der Waals surface area contributed by atoms with E-state index in [9.17, 15) is 9.59 Å². The summed E-state index contributed by atoms with van der Waals surface area (Å²) in [6.45, 7) is 0. The SMILES string of the molecule is COC(=O)C(=O)Nc1c(Cl)cc(Br)cc1Cl. The molecule has 0 aliphatic rings. The summed E-state index contributed by atoms with van der Waals surface area (Å²) in [4.78, 5) is 22.1. The first-order valence-electron chi connectivity index (χ1n) is 3.99. The molecule has 1 aromatic carbocycles. The fraction of sp³-hybridized carbons (Fsp3) is 0.111. The van der Waals surface area contributed by atoms with Crippen molar-refractivity contribution in [3.05, 3.63) is 26.7 Å². The number of methoxy groups -OCH3 is 1. The summed E-state index contributed by atoms with van der Waals surface area (Å²) in [6, 6.07) is 3.08. The van der Waals surface area contributed by atoms with Crippen molar-refractivity contribution < 1.29 is 14.3 Å². The third-order valence-corrected chi connectivity index (χ3v) is 2.67. The molecule has 1 amide bonds. The van der Waals surface area contributed by atoms with Crippen LogP contribution in [-0.4, -0.2) is 19.0 Å². The summed E-state index contributed by atoms with van der Waals surface area (Å²) in [5.41, 5.74) is 0.168. The normalized spacial score (nSPS) is 9.75. The Morgan fingerprint density at radius 3 is 2.25 bits per heavy atom. The quantitative estimate of drug-likeness (QED) is 0.637. The number of esters is 1. The van der Waals surface area contributed by atoms with Gasteiger partial charge in [-0.3, -0.25) is 4.79 Å². The van der Waals surface area contributed by atoms with E-state index in [1.54, 1.807) is 12.1 Å². The van der Waals surface area contributed by atoms with Gasteiger partial charge in [-0.2, -0.15) is 0 Å². The molecule has 0 aliphatic carbocycles. The number of nitrogens with one attached hydrogen (secondary N) is 1. The first kappa shape index (κ1) is 13.3.